The molecule has 4 rings (SSSR count). The summed E-state index contributed by atoms with van der Waals surface area (Å²) in [6.45, 7) is 2.72. The fourth-order valence-corrected chi connectivity index (χ4v) is 2.96. The largest absolute Gasteiger partial charge is 0.366 e. The van der Waals surface area contributed by atoms with Crippen molar-refractivity contribution < 1.29 is 0 Å². The maximum absolute atomic E-state index is 5.99. The van der Waals surface area contributed by atoms with Crippen LogP contribution in [0.3, 0.4) is 0 Å². The highest BCUT2D eigenvalue weighted by molar-refractivity contribution is 6.30. The SMILES string of the molecule is Cc1cc(NCc2ccccc2)n2ncc(-c3ccc(Cl)cc3)c2n1. The third kappa shape index (κ3) is 3.21. The van der Waals surface area contributed by atoms with Crippen LogP contribution in [0.4, 0.5) is 5.82 Å². The van der Waals surface area contributed by atoms with Gasteiger partial charge in [0.15, 0.2) is 5.65 Å². The number of rotatable bonds is 4. The van der Waals surface area contributed by atoms with E-state index in [4.69, 9.17) is 11.6 Å². The van der Waals surface area contributed by atoms with Crippen LogP contribution in [0.2, 0.25) is 5.02 Å². The molecule has 0 atom stereocenters. The number of benzene rings is 2. The van der Waals surface area contributed by atoms with Gasteiger partial charge in [0.1, 0.15) is 5.82 Å². The topological polar surface area (TPSA) is 42.2 Å². The number of anilines is 1. The molecule has 124 valence electrons. The molecule has 2 heterocycles. The van der Waals surface area contributed by atoms with Gasteiger partial charge in [-0.15, -0.1) is 0 Å². The molecule has 0 unspecified atom stereocenters. The third-order valence-corrected chi connectivity index (χ3v) is 4.32. The quantitative estimate of drug-likeness (QED) is 0.566. The fourth-order valence-electron chi connectivity index (χ4n) is 2.83. The molecule has 4 nitrogen and oxygen atoms in total. The van der Waals surface area contributed by atoms with Gasteiger partial charge in [-0.2, -0.15) is 9.61 Å². The van der Waals surface area contributed by atoms with E-state index in [1.807, 2.05) is 66.2 Å². The lowest BCUT2D eigenvalue weighted by molar-refractivity contribution is 0.917. The van der Waals surface area contributed by atoms with Gasteiger partial charge in [0.2, 0.25) is 0 Å². The van der Waals surface area contributed by atoms with Crippen LogP contribution in [-0.4, -0.2) is 14.6 Å². The zero-order chi connectivity index (χ0) is 17.2. The molecule has 0 fully saturated rings. The molecule has 0 aliphatic heterocycles. The molecular weight excluding hydrogens is 332 g/mol. The van der Waals surface area contributed by atoms with E-state index in [0.717, 1.165) is 39.9 Å². The summed E-state index contributed by atoms with van der Waals surface area (Å²) in [6, 6.07) is 20.0. The van der Waals surface area contributed by atoms with Crippen molar-refractivity contribution in [2.75, 3.05) is 5.32 Å². The van der Waals surface area contributed by atoms with Gasteiger partial charge < -0.3 is 5.32 Å². The van der Waals surface area contributed by atoms with E-state index in [9.17, 15) is 0 Å². The second-order valence-electron chi connectivity index (χ2n) is 5.92. The van der Waals surface area contributed by atoms with Gasteiger partial charge in [-0.1, -0.05) is 54.1 Å². The van der Waals surface area contributed by atoms with Crippen molar-refractivity contribution in [1.29, 1.82) is 0 Å². The van der Waals surface area contributed by atoms with Crippen molar-refractivity contribution in [3.8, 4) is 11.1 Å². The fraction of sp³-hybridized carbons (Fsp3) is 0.100. The molecule has 0 spiro atoms. The summed E-state index contributed by atoms with van der Waals surface area (Å²) < 4.78 is 1.85. The summed E-state index contributed by atoms with van der Waals surface area (Å²) in [5.41, 5.74) is 5.03. The highest BCUT2D eigenvalue weighted by Crippen LogP contribution is 2.27. The summed E-state index contributed by atoms with van der Waals surface area (Å²) in [6.07, 6.45) is 1.85. The lowest BCUT2D eigenvalue weighted by Gasteiger charge is -2.10. The minimum absolute atomic E-state index is 0.717. The third-order valence-electron chi connectivity index (χ3n) is 4.07. The molecule has 0 aliphatic rings. The summed E-state index contributed by atoms with van der Waals surface area (Å²) in [7, 11) is 0. The average molecular weight is 349 g/mol. The first-order valence-corrected chi connectivity index (χ1v) is 8.47. The van der Waals surface area contributed by atoms with Gasteiger partial charge in [-0.3, -0.25) is 0 Å². The van der Waals surface area contributed by atoms with Crippen LogP contribution in [0.15, 0.2) is 66.9 Å². The van der Waals surface area contributed by atoms with Gasteiger partial charge in [-0.05, 0) is 30.2 Å². The Kier molecular flexibility index (Phi) is 4.12. The monoisotopic (exact) mass is 348 g/mol. The normalized spacial score (nSPS) is 11.0. The number of nitrogens with zero attached hydrogens (tertiary/aromatic N) is 3. The van der Waals surface area contributed by atoms with Gasteiger partial charge in [0.05, 0.1) is 6.20 Å². The second-order valence-corrected chi connectivity index (χ2v) is 6.36. The Balaban J connectivity index is 1.72. The van der Waals surface area contributed by atoms with Gasteiger partial charge in [0.25, 0.3) is 0 Å². The zero-order valence-electron chi connectivity index (χ0n) is 13.8. The van der Waals surface area contributed by atoms with Crippen molar-refractivity contribution in [3.05, 3.63) is 83.1 Å². The van der Waals surface area contributed by atoms with Crippen LogP contribution < -0.4 is 5.32 Å². The number of halogens is 1. The Labute approximate surface area is 151 Å². The maximum Gasteiger partial charge on any atom is 0.165 e. The molecule has 25 heavy (non-hydrogen) atoms. The molecule has 0 bridgehead atoms. The summed E-state index contributed by atoms with van der Waals surface area (Å²) in [5, 5.41) is 8.70. The number of fused-ring (bicyclic) bond motifs is 1. The molecule has 2 aromatic carbocycles. The predicted molar refractivity (Wildman–Crippen MR) is 102 cm³/mol. The maximum atomic E-state index is 5.99. The first-order valence-electron chi connectivity index (χ1n) is 8.10. The number of aromatic nitrogens is 3. The number of aryl methyl sites for hydroxylation is 1. The predicted octanol–water partition coefficient (Wildman–Crippen LogP) is 4.97. The molecule has 0 saturated carbocycles. The lowest BCUT2D eigenvalue weighted by Crippen LogP contribution is -2.06. The molecule has 0 radical (unpaired) electrons. The highest BCUT2D eigenvalue weighted by Gasteiger charge is 2.12. The van der Waals surface area contributed by atoms with E-state index in [-0.39, 0.29) is 0 Å². The van der Waals surface area contributed by atoms with Crippen LogP contribution in [0.25, 0.3) is 16.8 Å². The van der Waals surface area contributed by atoms with Gasteiger partial charge in [0, 0.05) is 28.9 Å². The van der Waals surface area contributed by atoms with Crippen molar-refractivity contribution in [1.82, 2.24) is 14.6 Å². The first-order chi connectivity index (χ1) is 12.2. The minimum Gasteiger partial charge on any atom is -0.366 e. The summed E-state index contributed by atoms with van der Waals surface area (Å²) in [4.78, 5) is 4.68. The van der Waals surface area contributed by atoms with Gasteiger partial charge >= 0.3 is 0 Å². The number of nitrogens with one attached hydrogen (secondary N) is 1. The second kappa shape index (κ2) is 6.57. The molecule has 0 aliphatic carbocycles. The molecule has 0 amide bonds. The van der Waals surface area contributed by atoms with Crippen molar-refractivity contribution >= 4 is 23.1 Å². The van der Waals surface area contributed by atoms with E-state index in [0.29, 0.717) is 0 Å². The Bertz CT molecular complexity index is 1010. The Morgan fingerprint density at radius 2 is 1.80 bits per heavy atom. The van der Waals surface area contributed by atoms with E-state index in [1.54, 1.807) is 0 Å². The lowest BCUT2D eigenvalue weighted by atomic mass is 10.1. The van der Waals surface area contributed by atoms with E-state index >= 15 is 0 Å². The van der Waals surface area contributed by atoms with Gasteiger partial charge in [-0.25, -0.2) is 4.98 Å². The zero-order valence-corrected chi connectivity index (χ0v) is 14.5. The van der Waals surface area contributed by atoms with Crippen LogP contribution in [0.5, 0.6) is 0 Å². The molecular formula is C20H17ClN4. The first kappa shape index (κ1) is 15.7. The van der Waals surface area contributed by atoms with E-state index < -0.39 is 0 Å². The standard InChI is InChI=1S/C20H17ClN4/c1-14-11-19(22-12-15-5-3-2-4-6-15)25-20(24-14)18(13-23-25)16-7-9-17(21)10-8-16/h2-11,13,22H,12H2,1H3. The van der Waals surface area contributed by atoms with Crippen LogP contribution >= 0.6 is 11.6 Å². The van der Waals surface area contributed by atoms with E-state index in [1.165, 1.54) is 5.56 Å². The molecule has 5 heteroatoms. The highest BCUT2D eigenvalue weighted by atomic mass is 35.5. The number of hydrogen-bond acceptors (Lipinski definition) is 3. The Morgan fingerprint density at radius 3 is 2.56 bits per heavy atom. The van der Waals surface area contributed by atoms with Crippen LogP contribution in [0, 0.1) is 6.92 Å². The molecule has 1 N–H and O–H groups in total. The summed E-state index contributed by atoms with van der Waals surface area (Å²) >= 11 is 5.99. The summed E-state index contributed by atoms with van der Waals surface area (Å²) in [5.74, 6) is 0.923. The molecule has 0 saturated heterocycles. The minimum atomic E-state index is 0.717. The Hall–Kier alpha value is -2.85. The van der Waals surface area contributed by atoms with Crippen molar-refractivity contribution in [3.63, 3.8) is 0 Å². The van der Waals surface area contributed by atoms with Crippen molar-refractivity contribution in [2.45, 2.75) is 13.5 Å². The van der Waals surface area contributed by atoms with E-state index in [2.05, 4.69) is 27.5 Å². The smallest absolute Gasteiger partial charge is 0.165 e. The average Bonchev–Trinajstić information content (AvgIpc) is 3.05. The van der Waals surface area contributed by atoms with Crippen molar-refractivity contribution in [2.24, 2.45) is 0 Å². The molecule has 4 aromatic rings. The Morgan fingerprint density at radius 1 is 1.04 bits per heavy atom. The van der Waals surface area contributed by atoms with Crippen LogP contribution in [0.1, 0.15) is 11.3 Å². The molecule has 2 aromatic heterocycles. The number of hydrogen-bond donors (Lipinski definition) is 1. The van der Waals surface area contributed by atoms with Crippen LogP contribution in [-0.2, 0) is 6.54 Å².